The van der Waals surface area contributed by atoms with Gasteiger partial charge in [0.05, 0.1) is 0 Å². The lowest BCUT2D eigenvalue weighted by atomic mass is 10.2. The molecule has 0 aromatic carbocycles. The van der Waals surface area contributed by atoms with E-state index in [9.17, 15) is 4.79 Å². The van der Waals surface area contributed by atoms with E-state index in [0.717, 1.165) is 45.4 Å². The van der Waals surface area contributed by atoms with Gasteiger partial charge in [-0.15, -0.1) is 11.6 Å². The van der Waals surface area contributed by atoms with Crippen molar-refractivity contribution in [3.63, 3.8) is 0 Å². The molecule has 15 heavy (non-hydrogen) atoms. The van der Waals surface area contributed by atoms with E-state index >= 15 is 0 Å². The fraction of sp³-hybridized carbons (Fsp3) is 0.909. The van der Waals surface area contributed by atoms with Crippen LogP contribution in [0.4, 0.5) is 0 Å². The molecule has 0 aliphatic carbocycles. The smallest absolute Gasteiger partial charge is 0.222 e. The Balaban J connectivity index is 2.11. The predicted octanol–water partition coefficient (Wildman–Crippen LogP) is 1.56. The van der Waals surface area contributed by atoms with Crippen LogP contribution in [-0.2, 0) is 4.79 Å². The highest BCUT2D eigenvalue weighted by molar-refractivity contribution is 6.17. The number of nitrogens with zero attached hydrogens (tertiary/aromatic N) is 2. The summed E-state index contributed by atoms with van der Waals surface area (Å²) in [6.45, 7) is 3.80. The van der Waals surface area contributed by atoms with Crippen molar-refractivity contribution in [3.05, 3.63) is 0 Å². The van der Waals surface area contributed by atoms with Crippen LogP contribution in [-0.4, -0.2) is 54.8 Å². The third-order valence-corrected chi connectivity index (χ3v) is 3.15. The van der Waals surface area contributed by atoms with E-state index in [1.54, 1.807) is 0 Å². The van der Waals surface area contributed by atoms with Crippen LogP contribution >= 0.6 is 11.6 Å². The molecule has 0 unspecified atom stereocenters. The Morgan fingerprint density at radius 3 is 2.40 bits per heavy atom. The molecule has 0 aromatic heterocycles. The van der Waals surface area contributed by atoms with Crippen LogP contribution in [0.1, 0.15) is 25.7 Å². The monoisotopic (exact) mass is 232 g/mol. The maximum absolute atomic E-state index is 11.7. The molecule has 0 saturated carbocycles. The summed E-state index contributed by atoms with van der Waals surface area (Å²) in [5, 5.41) is 0. The molecule has 4 heteroatoms. The number of hydrogen-bond donors (Lipinski definition) is 0. The van der Waals surface area contributed by atoms with E-state index in [1.807, 2.05) is 4.90 Å². The average Bonchev–Trinajstić information content (AvgIpc) is 2.25. The summed E-state index contributed by atoms with van der Waals surface area (Å²) in [5.41, 5.74) is 0. The fourth-order valence-electron chi connectivity index (χ4n) is 1.76. The second-order valence-corrected chi connectivity index (χ2v) is 4.56. The zero-order chi connectivity index (χ0) is 11.1. The number of hydrogen-bond acceptors (Lipinski definition) is 2. The highest BCUT2D eigenvalue weighted by Crippen LogP contribution is 2.06. The maximum atomic E-state index is 11.7. The van der Waals surface area contributed by atoms with Crippen LogP contribution in [0.2, 0.25) is 0 Å². The van der Waals surface area contributed by atoms with Crippen molar-refractivity contribution in [1.82, 2.24) is 9.80 Å². The summed E-state index contributed by atoms with van der Waals surface area (Å²) in [5.74, 6) is 1.03. The summed E-state index contributed by atoms with van der Waals surface area (Å²) >= 11 is 5.58. The topological polar surface area (TPSA) is 23.6 Å². The first kappa shape index (κ1) is 12.8. The van der Waals surface area contributed by atoms with Crippen LogP contribution < -0.4 is 0 Å². The van der Waals surface area contributed by atoms with Gasteiger partial charge in [-0.2, -0.15) is 0 Å². The van der Waals surface area contributed by atoms with Gasteiger partial charge in [0.2, 0.25) is 5.91 Å². The maximum Gasteiger partial charge on any atom is 0.222 e. The summed E-state index contributed by atoms with van der Waals surface area (Å²) in [6.07, 6.45) is 3.78. The Morgan fingerprint density at radius 2 is 1.80 bits per heavy atom. The van der Waals surface area contributed by atoms with E-state index in [1.165, 1.54) is 0 Å². The van der Waals surface area contributed by atoms with Gasteiger partial charge >= 0.3 is 0 Å². The second kappa shape index (κ2) is 7.07. The van der Waals surface area contributed by atoms with Gasteiger partial charge in [0.15, 0.2) is 0 Å². The summed E-state index contributed by atoms with van der Waals surface area (Å²) in [7, 11) is 2.10. The lowest BCUT2D eigenvalue weighted by Crippen LogP contribution is -2.47. The molecule has 88 valence electrons. The second-order valence-electron chi connectivity index (χ2n) is 4.18. The van der Waals surface area contributed by atoms with E-state index in [0.29, 0.717) is 18.2 Å². The molecule has 1 fully saturated rings. The minimum absolute atomic E-state index is 0.317. The number of carbonyl (C=O) groups is 1. The molecule has 0 spiro atoms. The van der Waals surface area contributed by atoms with Crippen molar-refractivity contribution in [2.75, 3.05) is 39.1 Å². The summed E-state index contributed by atoms with van der Waals surface area (Å²) in [6, 6.07) is 0. The third-order valence-electron chi connectivity index (χ3n) is 2.88. The normalized spacial score (nSPS) is 18.1. The fourth-order valence-corrected chi connectivity index (χ4v) is 1.95. The van der Waals surface area contributed by atoms with Crippen molar-refractivity contribution in [1.29, 1.82) is 0 Å². The molecule has 0 bridgehead atoms. The molecule has 3 nitrogen and oxygen atoms in total. The minimum atomic E-state index is 0.317. The van der Waals surface area contributed by atoms with Gasteiger partial charge in [0.1, 0.15) is 0 Å². The highest BCUT2D eigenvalue weighted by Gasteiger charge is 2.17. The van der Waals surface area contributed by atoms with Crippen LogP contribution in [0.25, 0.3) is 0 Å². The van der Waals surface area contributed by atoms with Crippen molar-refractivity contribution < 1.29 is 4.79 Å². The predicted molar refractivity (Wildman–Crippen MR) is 63.3 cm³/mol. The van der Waals surface area contributed by atoms with Gasteiger partial charge in [0.25, 0.3) is 0 Å². The number of likely N-dealkylation sites (N-methyl/N-ethyl adjacent to an activating group) is 1. The summed E-state index contributed by atoms with van der Waals surface area (Å²) in [4.78, 5) is 16.0. The first-order valence-corrected chi connectivity index (χ1v) is 6.30. The summed E-state index contributed by atoms with van der Waals surface area (Å²) < 4.78 is 0. The molecule has 0 atom stereocenters. The Kier molecular flexibility index (Phi) is 6.03. The quantitative estimate of drug-likeness (QED) is 0.531. The zero-order valence-corrected chi connectivity index (χ0v) is 10.3. The molecular weight excluding hydrogens is 212 g/mol. The largest absolute Gasteiger partial charge is 0.340 e. The number of amides is 1. The van der Waals surface area contributed by atoms with Crippen LogP contribution in [0, 0.1) is 0 Å². The third kappa shape index (κ3) is 4.85. The molecule has 0 radical (unpaired) electrons. The Hall–Kier alpha value is -0.280. The van der Waals surface area contributed by atoms with E-state index < -0.39 is 0 Å². The number of rotatable bonds is 5. The number of piperazine rings is 1. The van der Waals surface area contributed by atoms with Crippen molar-refractivity contribution in [2.24, 2.45) is 0 Å². The van der Waals surface area contributed by atoms with Crippen LogP contribution in [0.3, 0.4) is 0 Å². The van der Waals surface area contributed by atoms with Crippen molar-refractivity contribution >= 4 is 17.5 Å². The lowest BCUT2D eigenvalue weighted by molar-refractivity contribution is -0.132. The van der Waals surface area contributed by atoms with Gasteiger partial charge in [-0.1, -0.05) is 6.42 Å². The van der Waals surface area contributed by atoms with Gasteiger partial charge in [-0.25, -0.2) is 0 Å². The standard InChI is InChI=1S/C11H21ClN2O/c1-13-7-9-14(10-8-13)11(15)5-3-2-4-6-12/h2-10H2,1H3. The van der Waals surface area contributed by atoms with Gasteiger partial charge in [-0.3, -0.25) is 4.79 Å². The molecule has 1 saturated heterocycles. The number of halogens is 1. The molecule has 1 aliphatic heterocycles. The first-order valence-electron chi connectivity index (χ1n) is 5.76. The van der Waals surface area contributed by atoms with Gasteiger partial charge < -0.3 is 9.80 Å². The van der Waals surface area contributed by atoms with Crippen molar-refractivity contribution in [3.8, 4) is 0 Å². The van der Waals surface area contributed by atoms with E-state index in [4.69, 9.17) is 11.6 Å². The molecule has 1 rings (SSSR count). The molecule has 1 amide bonds. The lowest BCUT2D eigenvalue weighted by Gasteiger charge is -2.32. The first-order chi connectivity index (χ1) is 7.24. The van der Waals surface area contributed by atoms with E-state index in [2.05, 4.69) is 11.9 Å². The SMILES string of the molecule is CN1CCN(C(=O)CCCCCCl)CC1. The highest BCUT2D eigenvalue weighted by atomic mass is 35.5. The molecular formula is C11H21ClN2O. The Bertz CT molecular complexity index is 191. The van der Waals surface area contributed by atoms with Gasteiger partial charge in [0, 0.05) is 38.5 Å². The van der Waals surface area contributed by atoms with Crippen LogP contribution in [0.15, 0.2) is 0 Å². The molecule has 1 aliphatic rings. The number of carbonyl (C=O) groups excluding carboxylic acids is 1. The molecule has 0 N–H and O–H groups in total. The zero-order valence-electron chi connectivity index (χ0n) is 9.54. The number of unbranched alkanes of at least 4 members (excludes halogenated alkanes) is 2. The molecule has 1 heterocycles. The van der Waals surface area contributed by atoms with Gasteiger partial charge in [-0.05, 0) is 19.9 Å². The molecule has 0 aromatic rings. The number of alkyl halides is 1. The minimum Gasteiger partial charge on any atom is -0.340 e. The average molecular weight is 233 g/mol. The van der Waals surface area contributed by atoms with Crippen molar-refractivity contribution in [2.45, 2.75) is 25.7 Å². The Labute approximate surface area is 97.4 Å². The van der Waals surface area contributed by atoms with Crippen LogP contribution in [0.5, 0.6) is 0 Å². The van der Waals surface area contributed by atoms with E-state index in [-0.39, 0.29) is 0 Å². The Morgan fingerprint density at radius 1 is 1.13 bits per heavy atom.